The van der Waals surface area contributed by atoms with Crippen LogP contribution in [-0.4, -0.2) is 36.4 Å². The van der Waals surface area contributed by atoms with Gasteiger partial charge < -0.3 is 10.2 Å². The van der Waals surface area contributed by atoms with Gasteiger partial charge in [0.1, 0.15) is 0 Å². The molecule has 2 rings (SSSR count). The molecule has 13 heavy (non-hydrogen) atoms. The Labute approximate surface area is 78.3 Å². The fraction of sp³-hybridized carbons (Fsp3) is 0.667. The van der Waals surface area contributed by atoms with E-state index < -0.39 is 0 Å². The Balaban J connectivity index is 2.18. The molecule has 1 saturated heterocycles. The molecule has 4 heteroatoms. The fourth-order valence-corrected chi connectivity index (χ4v) is 1.66. The third kappa shape index (κ3) is 1.54. The summed E-state index contributed by atoms with van der Waals surface area (Å²) < 4.78 is 0. The summed E-state index contributed by atoms with van der Waals surface area (Å²) in [6, 6.07) is 0. The Bertz CT molecular complexity index is 286. The second kappa shape index (κ2) is 3.38. The molecule has 2 N–H and O–H groups in total. The molecule has 0 aromatic carbocycles. The SMILES string of the molecule is Cc1[nH]nc(N2CCNCC2)c1C. The maximum absolute atomic E-state index is 4.31. The molecule has 1 aliphatic heterocycles. The van der Waals surface area contributed by atoms with Crippen molar-refractivity contribution < 1.29 is 0 Å². The zero-order chi connectivity index (χ0) is 9.26. The van der Waals surface area contributed by atoms with Gasteiger partial charge in [-0.15, -0.1) is 0 Å². The predicted octanol–water partition coefficient (Wildman–Crippen LogP) is 0.436. The highest BCUT2D eigenvalue weighted by atomic mass is 15.3. The Morgan fingerprint density at radius 2 is 1.92 bits per heavy atom. The summed E-state index contributed by atoms with van der Waals surface area (Å²) >= 11 is 0. The third-order valence-corrected chi connectivity index (χ3v) is 2.64. The predicted molar refractivity (Wildman–Crippen MR) is 53.1 cm³/mol. The zero-order valence-corrected chi connectivity index (χ0v) is 8.22. The van der Waals surface area contributed by atoms with Gasteiger partial charge in [-0.25, -0.2) is 0 Å². The van der Waals surface area contributed by atoms with Gasteiger partial charge in [0.2, 0.25) is 0 Å². The molecule has 0 atom stereocenters. The first kappa shape index (κ1) is 8.56. The van der Waals surface area contributed by atoms with Crippen molar-refractivity contribution in [3.05, 3.63) is 11.3 Å². The van der Waals surface area contributed by atoms with Crippen molar-refractivity contribution >= 4 is 5.82 Å². The van der Waals surface area contributed by atoms with Crippen LogP contribution in [0.5, 0.6) is 0 Å². The molecule has 72 valence electrons. The molecule has 0 unspecified atom stereocenters. The molecule has 0 saturated carbocycles. The van der Waals surface area contributed by atoms with Gasteiger partial charge >= 0.3 is 0 Å². The molecule has 4 nitrogen and oxygen atoms in total. The van der Waals surface area contributed by atoms with Crippen molar-refractivity contribution in [1.82, 2.24) is 15.5 Å². The molecular weight excluding hydrogens is 164 g/mol. The Hall–Kier alpha value is -1.03. The Kier molecular flexibility index (Phi) is 2.22. The summed E-state index contributed by atoms with van der Waals surface area (Å²) in [4.78, 5) is 2.33. The van der Waals surface area contributed by atoms with E-state index in [4.69, 9.17) is 0 Å². The molecule has 0 spiro atoms. The highest BCUT2D eigenvalue weighted by Crippen LogP contribution is 2.18. The molecule has 2 heterocycles. The number of piperazine rings is 1. The van der Waals surface area contributed by atoms with E-state index in [9.17, 15) is 0 Å². The molecule has 1 aliphatic rings. The van der Waals surface area contributed by atoms with Gasteiger partial charge in [-0.05, 0) is 13.8 Å². The molecular formula is C9H16N4. The summed E-state index contributed by atoms with van der Waals surface area (Å²) in [5, 5.41) is 10.7. The summed E-state index contributed by atoms with van der Waals surface area (Å²) in [5.41, 5.74) is 2.45. The quantitative estimate of drug-likeness (QED) is 0.659. The fourth-order valence-electron chi connectivity index (χ4n) is 1.66. The van der Waals surface area contributed by atoms with Crippen LogP contribution in [0.3, 0.4) is 0 Å². The normalized spacial score (nSPS) is 17.8. The molecule has 0 bridgehead atoms. The van der Waals surface area contributed by atoms with Crippen LogP contribution < -0.4 is 10.2 Å². The number of hydrogen-bond donors (Lipinski definition) is 2. The van der Waals surface area contributed by atoms with E-state index in [-0.39, 0.29) is 0 Å². The van der Waals surface area contributed by atoms with E-state index in [1.807, 2.05) is 0 Å². The summed E-state index contributed by atoms with van der Waals surface area (Å²) in [6.45, 7) is 8.43. The summed E-state index contributed by atoms with van der Waals surface area (Å²) in [6.07, 6.45) is 0. The topological polar surface area (TPSA) is 44.0 Å². The first-order valence-electron chi connectivity index (χ1n) is 4.76. The molecule has 0 amide bonds. The summed E-state index contributed by atoms with van der Waals surface area (Å²) in [7, 11) is 0. The number of anilines is 1. The van der Waals surface area contributed by atoms with Crippen LogP contribution in [0.4, 0.5) is 5.82 Å². The molecule has 1 aromatic rings. The van der Waals surface area contributed by atoms with Crippen LogP contribution >= 0.6 is 0 Å². The highest BCUT2D eigenvalue weighted by molar-refractivity contribution is 5.48. The van der Waals surface area contributed by atoms with Crippen LogP contribution in [0, 0.1) is 13.8 Å². The number of aryl methyl sites for hydroxylation is 1. The first-order valence-corrected chi connectivity index (χ1v) is 4.76. The first-order chi connectivity index (χ1) is 6.29. The molecule has 0 aliphatic carbocycles. The van der Waals surface area contributed by atoms with Crippen molar-refractivity contribution in [2.45, 2.75) is 13.8 Å². The Morgan fingerprint density at radius 3 is 2.46 bits per heavy atom. The lowest BCUT2D eigenvalue weighted by molar-refractivity contribution is 0.584. The van der Waals surface area contributed by atoms with Crippen molar-refractivity contribution in [3.63, 3.8) is 0 Å². The standard InChI is InChI=1S/C9H16N4/c1-7-8(2)11-12-9(7)13-5-3-10-4-6-13/h10H,3-6H2,1-2H3,(H,11,12). The molecule has 0 radical (unpaired) electrons. The average molecular weight is 180 g/mol. The van der Waals surface area contributed by atoms with E-state index in [2.05, 4.69) is 34.3 Å². The maximum atomic E-state index is 4.31. The van der Waals surface area contributed by atoms with E-state index in [1.54, 1.807) is 0 Å². The van der Waals surface area contributed by atoms with Crippen LogP contribution in [0.15, 0.2) is 0 Å². The monoisotopic (exact) mass is 180 g/mol. The minimum atomic E-state index is 1.06. The van der Waals surface area contributed by atoms with Crippen molar-refractivity contribution in [2.75, 3.05) is 31.1 Å². The van der Waals surface area contributed by atoms with Crippen LogP contribution in [0.1, 0.15) is 11.3 Å². The second-order valence-corrected chi connectivity index (χ2v) is 3.53. The van der Waals surface area contributed by atoms with Crippen LogP contribution in [0.2, 0.25) is 0 Å². The largest absolute Gasteiger partial charge is 0.352 e. The van der Waals surface area contributed by atoms with Gasteiger partial charge in [-0.3, -0.25) is 5.10 Å². The number of nitrogens with zero attached hydrogens (tertiary/aromatic N) is 2. The number of nitrogens with one attached hydrogen (secondary N) is 2. The van der Waals surface area contributed by atoms with Crippen molar-refractivity contribution in [3.8, 4) is 0 Å². The van der Waals surface area contributed by atoms with Gasteiger partial charge in [-0.1, -0.05) is 0 Å². The average Bonchev–Trinajstić information content (AvgIpc) is 2.49. The van der Waals surface area contributed by atoms with Crippen molar-refractivity contribution in [1.29, 1.82) is 0 Å². The van der Waals surface area contributed by atoms with E-state index >= 15 is 0 Å². The van der Waals surface area contributed by atoms with Crippen LogP contribution in [0.25, 0.3) is 0 Å². The minimum absolute atomic E-state index is 1.06. The van der Waals surface area contributed by atoms with Gasteiger partial charge in [-0.2, -0.15) is 5.10 Å². The lowest BCUT2D eigenvalue weighted by Crippen LogP contribution is -2.43. The lowest BCUT2D eigenvalue weighted by Gasteiger charge is -2.27. The van der Waals surface area contributed by atoms with Gasteiger partial charge in [0.15, 0.2) is 5.82 Å². The van der Waals surface area contributed by atoms with E-state index in [1.165, 1.54) is 11.3 Å². The number of aromatic amines is 1. The number of aromatic nitrogens is 2. The number of hydrogen-bond acceptors (Lipinski definition) is 3. The van der Waals surface area contributed by atoms with E-state index in [0.717, 1.165) is 32.0 Å². The van der Waals surface area contributed by atoms with Crippen molar-refractivity contribution in [2.24, 2.45) is 0 Å². The second-order valence-electron chi connectivity index (χ2n) is 3.53. The third-order valence-electron chi connectivity index (χ3n) is 2.64. The minimum Gasteiger partial charge on any atom is -0.352 e. The van der Waals surface area contributed by atoms with Gasteiger partial charge in [0.05, 0.1) is 0 Å². The smallest absolute Gasteiger partial charge is 0.153 e. The van der Waals surface area contributed by atoms with Gasteiger partial charge in [0.25, 0.3) is 0 Å². The zero-order valence-electron chi connectivity index (χ0n) is 8.22. The van der Waals surface area contributed by atoms with E-state index in [0.29, 0.717) is 0 Å². The number of H-pyrrole nitrogens is 1. The lowest BCUT2D eigenvalue weighted by atomic mass is 10.2. The number of rotatable bonds is 1. The molecule has 1 fully saturated rings. The summed E-state index contributed by atoms with van der Waals surface area (Å²) in [5.74, 6) is 1.12. The highest BCUT2D eigenvalue weighted by Gasteiger charge is 2.15. The maximum Gasteiger partial charge on any atom is 0.153 e. The molecule has 1 aromatic heterocycles. The van der Waals surface area contributed by atoms with Gasteiger partial charge in [0, 0.05) is 37.4 Å². The van der Waals surface area contributed by atoms with Crippen LogP contribution in [-0.2, 0) is 0 Å². The Morgan fingerprint density at radius 1 is 1.23 bits per heavy atom.